The predicted octanol–water partition coefficient (Wildman–Crippen LogP) is 4.07. The fraction of sp³-hybridized carbons (Fsp3) is 0.542. The Morgan fingerprint density at radius 1 is 1.14 bits per heavy atom. The van der Waals surface area contributed by atoms with Crippen LogP contribution in [0.2, 0.25) is 0 Å². The lowest BCUT2D eigenvalue weighted by Gasteiger charge is -2.29. The van der Waals surface area contributed by atoms with E-state index in [0.29, 0.717) is 10.3 Å². The highest BCUT2D eigenvalue weighted by atomic mass is 32.2. The van der Waals surface area contributed by atoms with Crippen LogP contribution in [0.1, 0.15) is 37.7 Å². The zero-order valence-electron chi connectivity index (χ0n) is 20.7. The Bertz CT molecular complexity index is 1160. The largest absolute Gasteiger partial charge is 0.496 e. The van der Waals surface area contributed by atoms with Gasteiger partial charge in [0.1, 0.15) is 9.96 Å². The minimum absolute atomic E-state index is 0.0871. The molecule has 0 atom stereocenters. The van der Waals surface area contributed by atoms with Crippen molar-refractivity contribution in [1.82, 2.24) is 14.9 Å². The molecule has 2 heterocycles. The van der Waals surface area contributed by atoms with Crippen LogP contribution in [0.25, 0.3) is 10.4 Å². The number of nitrogens with zero attached hydrogens (tertiary/aromatic N) is 1. The second-order valence-electron chi connectivity index (χ2n) is 9.16. The predicted molar refractivity (Wildman–Crippen MR) is 135 cm³/mol. The number of aliphatic carboxylic acids is 1. The van der Waals surface area contributed by atoms with E-state index in [4.69, 9.17) is 14.6 Å². The first-order valence-corrected chi connectivity index (χ1v) is 14.2. The third-order valence-electron chi connectivity index (χ3n) is 6.36. The summed E-state index contributed by atoms with van der Waals surface area (Å²) in [5.41, 5.74) is 2.12. The fourth-order valence-corrected chi connectivity index (χ4v) is 6.59. The molecule has 1 saturated heterocycles. The lowest BCUT2D eigenvalue weighted by molar-refractivity contribution is -0.192. The number of methoxy groups -OCH3 is 1. The SMILES string of the molecule is COc1ccc(CNC2CCN(C)CC2)cc1-c1ccc(S(=O)(=O)NC2CCC2)s1.O=C(O)C(F)(F)F. The van der Waals surface area contributed by atoms with Crippen molar-refractivity contribution in [3.63, 3.8) is 0 Å². The average Bonchev–Trinajstić information content (AvgIpc) is 3.32. The van der Waals surface area contributed by atoms with Gasteiger partial charge in [0.05, 0.1) is 7.11 Å². The van der Waals surface area contributed by atoms with E-state index in [1.165, 1.54) is 29.7 Å². The van der Waals surface area contributed by atoms with E-state index >= 15 is 0 Å². The first-order chi connectivity index (χ1) is 17.4. The summed E-state index contributed by atoms with van der Waals surface area (Å²) in [5.74, 6) is -2.00. The number of ether oxygens (including phenoxy) is 1. The maximum absolute atomic E-state index is 12.7. The Hall–Kier alpha value is -2.19. The zero-order chi connectivity index (χ0) is 27.2. The number of thiophene rings is 1. The minimum Gasteiger partial charge on any atom is -0.496 e. The number of rotatable bonds is 8. The van der Waals surface area contributed by atoms with Gasteiger partial charge in [-0.15, -0.1) is 11.3 Å². The van der Waals surface area contributed by atoms with Gasteiger partial charge in [-0.25, -0.2) is 17.9 Å². The van der Waals surface area contributed by atoms with Gasteiger partial charge < -0.3 is 20.1 Å². The molecule has 2 aromatic rings. The molecule has 4 rings (SSSR count). The first kappa shape index (κ1) is 29.4. The van der Waals surface area contributed by atoms with Gasteiger partial charge in [-0.1, -0.05) is 12.5 Å². The number of carbonyl (C=O) groups is 1. The van der Waals surface area contributed by atoms with Crippen LogP contribution in [0.3, 0.4) is 0 Å². The standard InChI is InChI=1S/C22H31N3O3S2.C2HF3O2/c1-25-12-10-17(11-13-25)23-15-16-6-7-20(28-2)19(14-16)21-8-9-22(29-21)30(26,27)24-18-4-3-5-18;3-2(4,5)1(6)7/h6-9,14,17-18,23-24H,3-5,10-13,15H2,1-2H3;(H,6,7). The summed E-state index contributed by atoms with van der Waals surface area (Å²) in [6.07, 6.45) is 0.201. The normalized spacial score (nSPS) is 17.5. The Labute approximate surface area is 218 Å². The summed E-state index contributed by atoms with van der Waals surface area (Å²) < 4.78 is 65.8. The average molecular weight is 564 g/mol. The van der Waals surface area contributed by atoms with Crippen molar-refractivity contribution in [2.45, 2.75) is 61.1 Å². The number of carboxylic acid groups (broad SMARTS) is 1. The van der Waals surface area contributed by atoms with Gasteiger partial charge >= 0.3 is 12.1 Å². The minimum atomic E-state index is -5.08. The number of hydrogen-bond donors (Lipinski definition) is 3. The number of likely N-dealkylation sites (tertiary alicyclic amines) is 1. The maximum Gasteiger partial charge on any atom is 0.490 e. The van der Waals surface area contributed by atoms with Gasteiger partial charge in [0.25, 0.3) is 0 Å². The van der Waals surface area contributed by atoms with Crippen LogP contribution in [0.15, 0.2) is 34.5 Å². The summed E-state index contributed by atoms with van der Waals surface area (Å²) in [6.45, 7) is 3.06. The second kappa shape index (κ2) is 12.6. The topological polar surface area (TPSA) is 108 Å². The quantitative estimate of drug-likeness (QED) is 0.444. The van der Waals surface area contributed by atoms with Crippen molar-refractivity contribution in [3.8, 4) is 16.2 Å². The Morgan fingerprint density at radius 3 is 2.32 bits per heavy atom. The summed E-state index contributed by atoms with van der Waals surface area (Å²) in [6, 6.07) is 10.4. The van der Waals surface area contributed by atoms with Gasteiger partial charge in [-0.3, -0.25) is 0 Å². The molecular formula is C24H32F3N3O5S2. The summed E-state index contributed by atoms with van der Waals surface area (Å²) in [7, 11) is 0.366. The number of alkyl halides is 3. The molecule has 8 nitrogen and oxygen atoms in total. The van der Waals surface area contributed by atoms with E-state index in [9.17, 15) is 21.6 Å². The Kier molecular flexibility index (Phi) is 9.98. The molecule has 1 saturated carbocycles. The molecule has 2 aliphatic rings. The maximum atomic E-state index is 12.7. The van der Waals surface area contributed by atoms with Crippen molar-refractivity contribution in [2.24, 2.45) is 0 Å². The molecule has 2 fully saturated rings. The van der Waals surface area contributed by atoms with E-state index in [-0.39, 0.29) is 6.04 Å². The van der Waals surface area contributed by atoms with E-state index in [2.05, 4.69) is 34.1 Å². The van der Waals surface area contributed by atoms with Crippen molar-refractivity contribution >= 4 is 27.3 Å². The van der Waals surface area contributed by atoms with Crippen LogP contribution >= 0.6 is 11.3 Å². The van der Waals surface area contributed by atoms with Gasteiger partial charge in [-0.2, -0.15) is 13.2 Å². The van der Waals surface area contributed by atoms with E-state index < -0.39 is 22.2 Å². The molecule has 1 aromatic carbocycles. The highest BCUT2D eigenvalue weighted by Gasteiger charge is 2.38. The van der Waals surface area contributed by atoms with Crippen molar-refractivity contribution in [2.75, 3.05) is 27.2 Å². The van der Waals surface area contributed by atoms with Crippen LogP contribution in [0, 0.1) is 0 Å². The number of piperidine rings is 1. The molecule has 1 aromatic heterocycles. The first-order valence-electron chi connectivity index (χ1n) is 11.9. The van der Waals surface area contributed by atoms with Crippen molar-refractivity contribution in [1.29, 1.82) is 0 Å². The number of hydrogen-bond acceptors (Lipinski definition) is 7. The molecule has 0 spiro atoms. The van der Waals surface area contributed by atoms with Gasteiger partial charge in [0, 0.05) is 29.1 Å². The van der Waals surface area contributed by atoms with Gasteiger partial charge in [0.15, 0.2) is 0 Å². The summed E-state index contributed by atoms with van der Waals surface area (Å²) in [4.78, 5) is 12.2. The van der Waals surface area contributed by atoms with E-state index in [1.54, 1.807) is 13.2 Å². The molecule has 0 unspecified atom stereocenters. The van der Waals surface area contributed by atoms with Crippen LogP contribution in [-0.4, -0.2) is 69.9 Å². The van der Waals surface area contributed by atoms with Crippen LogP contribution in [0.4, 0.5) is 13.2 Å². The van der Waals surface area contributed by atoms with Crippen LogP contribution in [0.5, 0.6) is 5.75 Å². The lowest BCUT2D eigenvalue weighted by Crippen LogP contribution is -2.40. The lowest BCUT2D eigenvalue weighted by atomic mass is 9.94. The third kappa shape index (κ3) is 8.40. The molecule has 37 heavy (non-hydrogen) atoms. The highest BCUT2D eigenvalue weighted by Crippen LogP contribution is 2.37. The number of carboxylic acids is 1. The molecule has 206 valence electrons. The third-order valence-corrected chi connectivity index (χ3v) is 9.49. The van der Waals surface area contributed by atoms with E-state index in [1.807, 2.05) is 12.1 Å². The Morgan fingerprint density at radius 2 is 1.78 bits per heavy atom. The molecule has 3 N–H and O–H groups in total. The summed E-state index contributed by atoms with van der Waals surface area (Å²) in [5, 5.41) is 10.8. The Balaban J connectivity index is 0.000000479. The molecule has 0 amide bonds. The van der Waals surface area contributed by atoms with Crippen LogP contribution < -0.4 is 14.8 Å². The smallest absolute Gasteiger partial charge is 0.490 e. The molecule has 0 radical (unpaired) electrons. The van der Waals surface area contributed by atoms with Crippen molar-refractivity contribution in [3.05, 3.63) is 35.9 Å². The molecular weight excluding hydrogens is 531 g/mol. The van der Waals surface area contributed by atoms with Crippen LogP contribution in [-0.2, 0) is 21.4 Å². The summed E-state index contributed by atoms with van der Waals surface area (Å²) >= 11 is 1.30. The number of benzene rings is 1. The van der Waals surface area contributed by atoms with Gasteiger partial charge in [0.2, 0.25) is 10.0 Å². The molecule has 0 bridgehead atoms. The number of nitrogens with one attached hydrogen (secondary N) is 2. The van der Waals surface area contributed by atoms with Gasteiger partial charge in [-0.05, 0) is 75.6 Å². The highest BCUT2D eigenvalue weighted by molar-refractivity contribution is 7.91. The second-order valence-corrected chi connectivity index (χ2v) is 12.2. The molecule has 13 heteroatoms. The molecule has 1 aliphatic carbocycles. The number of halogens is 3. The van der Waals surface area contributed by atoms with E-state index in [0.717, 1.165) is 55.1 Å². The van der Waals surface area contributed by atoms with Crippen molar-refractivity contribution < 1.29 is 36.2 Å². The fourth-order valence-electron chi connectivity index (χ4n) is 3.95. The molecule has 1 aliphatic heterocycles. The monoisotopic (exact) mass is 563 g/mol. The zero-order valence-corrected chi connectivity index (χ0v) is 22.3. The number of sulfonamides is 1.